The Kier molecular flexibility index (Phi) is 1.53. The van der Waals surface area contributed by atoms with E-state index in [0.717, 1.165) is 0 Å². The molecule has 0 aromatic rings. The Labute approximate surface area is 29.4 Å². The molecule has 3 heteroatoms. The number of nitrogens with two attached hydrogens (primary N) is 1. The normalized spacial score (nSPS) is 7.40. The summed E-state index contributed by atoms with van der Waals surface area (Å²) < 4.78 is 0. The fourth-order valence-electron chi connectivity index (χ4n) is 0. The van der Waals surface area contributed by atoms with Crippen molar-refractivity contribution < 1.29 is 9.90 Å². The summed E-state index contributed by atoms with van der Waals surface area (Å²) in [5.41, 5.74) is 4.57. The first-order chi connectivity index (χ1) is 2.27. The molecule has 0 bridgehead atoms. The molecule has 0 saturated heterocycles. The van der Waals surface area contributed by atoms with Crippen molar-refractivity contribution in [2.45, 2.75) is 0 Å². The van der Waals surface area contributed by atoms with Gasteiger partial charge in [0.05, 0.1) is 6.54 Å². The monoisotopic (exact) mass is 77.0 g/mol. The minimum absolute atomic E-state index is 0.278. The molecule has 3 N–H and O–H groups in total. The number of carboxylic acids is 1. The first-order valence-electron chi connectivity index (χ1n) is 1.19. The van der Waals surface area contributed by atoms with Crippen LogP contribution in [-0.4, -0.2) is 17.6 Å². The summed E-state index contributed by atoms with van der Waals surface area (Å²) >= 11 is 0. The highest BCUT2D eigenvalue weighted by Gasteiger charge is 1.81. The minimum Gasteiger partial charge on any atom is -0.480 e. The molecule has 0 heterocycles. The van der Waals surface area contributed by atoms with Crippen LogP contribution in [0.2, 0.25) is 0 Å². The molecule has 30 valence electrons. The van der Waals surface area contributed by atoms with E-state index >= 15 is 0 Å². The lowest BCUT2D eigenvalue weighted by atomic mass is 10.7. The van der Waals surface area contributed by atoms with Gasteiger partial charge in [0.1, 0.15) is 0 Å². The predicted octanol–water partition coefficient (Wildman–Crippen LogP) is -0.970. The second-order valence-corrected chi connectivity index (χ2v) is 0.598. The Balaban J connectivity index is 2.85. The van der Waals surface area contributed by atoms with Crippen molar-refractivity contribution in [3.8, 4) is 0 Å². The molecule has 0 aromatic carbocycles. The van der Waals surface area contributed by atoms with Crippen molar-refractivity contribution in [1.82, 2.24) is 0 Å². The second kappa shape index (κ2) is 1.72. The van der Waals surface area contributed by atoms with E-state index < -0.39 is 5.97 Å². The zero-order chi connectivity index (χ0) is 4.28. The Morgan fingerprint density at radius 1 is 2.00 bits per heavy atom. The smallest absolute Gasteiger partial charge is 0.317 e. The van der Waals surface area contributed by atoms with Crippen LogP contribution in [0.25, 0.3) is 0 Å². The quantitative estimate of drug-likeness (QED) is 0.396. The van der Waals surface area contributed by atoms with Gasteiger partial charge < -0.3 is 10.8 Å². The van der Waals surface area contributed by atoms with E-state index in [4.69, 9.17) is 5.11 Å². The highest BCUT2D eigenvalue weighted by molar-refractivity contribution is 5.68. The van der Waals surface area contributed by atoms with Crippen LogP contribution in [0.4, 0.5) is 0 Å². The fourth-order valence-corrected chi connectivity index (χ4v) is 0. The molecule has 0 spiro atoms. The van der Waals surface area contributed by atoms with Gasteiger partial charge in [-0.25, -0.2) is 0 Å². The van der Waals surface area contributed by atoms with E-state index in [1.54, 1.807) is 0 Å². The number of hydrogen-bond acceptors (Lipinski definition) is 2. The summed E-state index contributed by atoms with van der Waals surface area (Å²) in [4.78, 5) is 9.24. The van der Waals surface area contributed by atoms with Gasteiger partial charge in [0.2, 0.25) is 0 Å². The summed E-state index contributed by atoms with van der Waals surface area (Å²) in [5.74, 6) is -0.968. The summed E-state index contributed by atoms with van der Waals surface area (Å²) in [7, 11) is 0. The maximum Gasteiger partial charge on any atom is 0.317 e. The van der Waals surface area contributed by atoms with Crippen LogP contribution in [0.5, 0.6) is 0 Å². The second-order valence-electron chi connectivity index (χ2n) is 0.598. The van der Waals surface area contributed by atoms with Crippen molar-refractivity contribution in [3.63, 3.8) is 0 Å². The molecular formula is C2H5NO2. The minimum atomic E-state index is -0.968. The van der Waals surface area contributed by atoms with Gasteiger partial charge in [-0.15, -0.1) is 0 Å². The number of carboxylic acid groups (broad SMARTS) is 1. The molecule has 0 amide bonds. The Bertz CT molecular complexity index is 42.9. The van der Waals surface area contributed by atoms with E-state index in [2.05, 4.69) is 5.73 Å². The highest BCUT2D eigenvalue weighted by Crippen LogP contribution is 1.43. The van der Waals surface area contributed by atoms with E-state index in [1.165, 1.54) is 0 Å². The van der Waals surface area contributed by atoms with Crippen molar-refractivity contribution in [1.29, 1.82) is 0 Å². The SMILES string of the molecule is NCC(O)=[18O]. The number of aliphatic carboxylic acids is 1. The van der Waals surface area contributed by atoms with Crippen LogP contribution >= 0.6 is 0 Å². The van der Waals surface area contributed by atoms with Gasteiger partial charge in [0.15, 0.2) is 0 Å². The first-order valence-corrected chi connectivity index (χ1v) is 1.19. The van der Waals surface area contributed by atoms with Gasteiger partial charge in [-0.3, -0.25) is 4.79 Å². The van der Waals surface area contributed by atoms with Crippen molar-refractivity contribution in [3.05, 3.63) is 0 Å². The molecule has 0 unspecified atom stereocenters. The lowest BCUT2D eigenvalue weighted by Gasteiger charge is -1.73. The van der Waals surface area contributed by atoms with Gasteiger partial charge in [-0.1, -0.05) is 0 Å². The molecule has 0 aliphatic heterocycles. The lowest BCUT2D eigenvalue weighted by molar-refractivity contribution is -0.135. The fraction of sp³-hybridized carbons (Fsp3) is 0.500. The van der Waals surface area contributed by atoms with Gasteiger partial charge in [-0.2, -0.15) is 0 Å². The van der Waals surface area contributed by atoms with Crippen molar-refractivity contribution in [2.75, 3.05) is 6.54 Å². The Morgan fingerprint density at radius 2 is 2.20 bits per heavy atom. The molecule has 5 heavy (non-hydrogen) atoms. The van der Waals surface area contributed by atoms with Crippen LogP contribution in [0.1, 0.15) is 0 Å². The molecule has 0 fully saturated rings. The van der Waals surface area contributed by atoms with Gasteiger partial charge >= 0.3 is 5.97 Å². The third kappa shape index (κ3) is 3.43. The summed E-state index contributed by atoms with van der Waals surface area (Å²) in [6, 6.07) is 0. The van der Waals surface area contributed by atoms with E-state index in [1.807, 2.05) is 0 Å². The van der Waals surface area contributed by atoms with Crippen LogP contribution in [-0.2, 0) is 4.79 Å². The third-order valence-electron chi connectivity index (χ3n) is 0.175. The standard InChI is InChI=1S/C2H5NO2/c3-1-2(4)5/h1,3H2,(H,4,5)/i4+2. The van der Waals surface area contributed by atoms with Crippen LogP contribution in [0.15, 0.2) is 0 Å². The number of hydrogen-bond donors (Lipinski definition) is 2. The zero-order valence-electron chi connectivity index (χ0n) is 2.64. The molecule has 0 radical (unpaired) electrons. The van der Waals surface area contributed by atoms with Gasteiger partial charge in [0, 0.05) is 0 Å². The zero-order valence-corrected chi connectivity index (χ0v) is 2.64. The van der Waals surface area contributed by atoms with Crippen LogP contribution in [0, 0.1) is 0 Å². The van der Waals surface area contributed by atoms with E-state index in [0.29, 0.717) is 0 Å². The van der Waals surface area contributed by atoms with Crippen LogP contribution < -0.4 is 5.73 Å². The van der Waals surface area contributed by atoms with E-state index in [9.17, 15) is 4.79 Å². The summed E-state index contributed by atoms with van der Waals surface area (Å²) in [6.45, 7) is -0.278. The molecular weight excluding hydrogens is 72.0 g/mol. The summed E-state index contributed by atoms with van der Waals surface area (Å²) in [5, 5.41) is 7.60. The number of rotatable bonds is 1. The maximum atomic E-state index is 9.24. The molecule has 0 rings (SSSR count). The lowest BCUT2D eigenvalue weighted by Crippen LogP contribution is -2.10. The van der Waals surface area contributed by atoms with Crippen molar-refractivity contribution in [2.24, 2.45) is 5.73 Å². The third-order valence-corrected chi connectivity index (χ3v) is 0.175. The molecule has 0 aliphatic carbocycles. The molecule has 0 saturated carbocycles. The highest BCUT2D eigenvalue weighted by atomic mass is 18.1. The number of carbonyl (C=O) groups is 1. The Hall–Kier alpha value is -0.570. The molecule has 0 aliphatic rings. The molecule has 0 atom stereocenters. The Morgan fingerprint density at radius 3 is 2.20 bits per heavy atom. The summed E-state index contributed by atoms with van der Waals surface area (Å²) in [6.07, 6.45) is 0. The average Bonchev–Trinajstić information content (AvgIpc) is 1.38. The van der Waals surface area contributed by atoms with Gasteiger partial charge in [-0.05, 0) is 0 Å². The molecule has 0 aromatic heterocycles. The first kappa shape index (κ1) is 4.43. The maximum absolute atomic E-state index is 9.24. The van der Waals surface area contributed by atoms with E-state index in [-0.39, 0.29) is 6.54 Å². The van der Waals surface area contributed by atoms with Crippen LogP contribution in [0.3, 0.4) is 0 Å². The average molecular weight is 77.1 g/mol. The molecule has 3 nitrogen and oxygen atoms in total. The topological polar surface area (TPSA) is 63.3 Å². The largest absolute Gasteiger partial charge is 0.480 e. The predicted molar refractivity (Wildman–Crippen MR) is 16.7 cm³/mol. The van der Waals surface area contributed by atoms with Crippen molar-refractivity contribution >= 4 is 5.97 Å². The van der Waals surface area contributed by atoms with Gasteiger partial charge in [0.25, 0.3) is 0 Å².